The molecule has 0 spiro atoms. The summed E-state index contributed by atoms with van der Waals surface area (Å²) in [5.41, 5.74) is -0.184. The number of hydrogen-bond acceptors (Lipinski definition) is 4. The first kappa shape index (κ1) is 10.3. The van der Waals surface area contributed by atoms with E-state index in [0.717, 1.165) is 4.57 Å². The van der Waals surface area contributed by atoms with E-state index in [1.807, 2.05) is 0 Å². The minimum Gasteiger partial charge on any atom is -0.305 e. The molecule has 0 aliphatic heterocycles. The summed E-state index contributed by atoms with van der Waals surface area (Å²) in [7, 11) is 0. The molecule has 2 heterocycles. The van der Waals surface area contributed by atoms with Gasteiger partial charge in [-0.25, -0.2) is 9.78 Å². The Morgan fingerprint density at radius 3 is 2.88 bits per heavy atom. The maximum atomic E-state index is 11.8. The zero-order valence-corrected chi connectivity index (χ0v) is 8.56. The van der Waals surface area contributed by atoms with Crippen LogP contribution in [-0.4, -0.2) is 20.8 Å². The second-order valence-corrected chi connectivity index (χ2v) is 3.26. The van der Waals surface area contributed by atoms with Crippen LogP contribution >= 0.6 is 0 Å². The molecule has 0 saturated carbocycles. The second-order valence-electron chi connectivity index (χ2n) is 3.26. The van der Waals surface area contributed by atoms with Crippen molar-refractivity contribution in [3.8, 4) is 0 Å². The Morgan fingerprint density at radius 2 is 2.25 bits per heavy atom. The van der Waals surface area contributed by atoms with Gasteiger partial charge < -0.3 is 4.98 Å². The molecule has 0 fully saturated rings. The molecule has 1 N–H and O–H groups in total. The van der Waals surface area contributed by atoms with Crippen LogP contribution in [0.15, 0.2) is 21.9 Å². The molecule has 0 radical (unpaired) electrons. The first-order valence-electron chi connectivity index (χ1n) is 4.75. The fourth-order valence-corrected chi connectivity index (χ4v) is 1.50. The van der Waals surface area contributed by atoms with Gasteiger partial charge in [0.2, 0.25) is 0 Å². The first-order chi connectivity index (χ1) is 7.67. The molecule has 0 aromatic carbocycles. The van der Waals surface area contributed by atoms with E-state index in [1.54, 1.807) is 6.92 Å². The fraction of sp³-hybridized carbons (Fsp3) is 0.200. The lowest BCUT2D eigenvalue weighted by Gasteiger charge is -2.02. The number of H-pyrrole nitrogens is 1. The number of hydrogen-bond donors (Lipinski definition) is 1. The summed E-state index contributed by atoms with van der Waals surface area (Å²) in [4.78, 5) is 40.2. The Kier molecular flexibility index (Phi) is 2.40. The van der Waals surface area contributed by atoms with E-state index in [1.165, 1.54) is 12.3 Å². The summed E-state index contributed by atoms with van der Waals surface area (Å²) < 4.78 is 1.05. The Bertz CT molecular complexity index is 669. The number of aldehydes is 1. The number of fused-ring (bicyclic) bond motifs is 1. The zero-order chi connectivity index (χ0) is 11.7. The quantitative estimate of drug-likeness (QED) is 0.716. The van der Waals surface area contributed by atoms with Gasteiger partial charge in [0.25, 0.3) is 5.56 Å². The average Bonchev–Trinajstić information content (AvgIpc) is 2.28. The summed E-state index contributed by atoms with van der Waals surface area (Å²) in [6, 6.07) is 1.43. The first-order valence-corrected chi connectivity index (χ1v) is 4.75. The lowest BCUT2D eigenvalue weighted by molar-refractivity contribution is 0.112. The summed E-state index contributed by atoms with van der Waals surface area (Å²) in [6.07, 6.45) is 1.91. The standard InChI is InChI=1S/C10H9N3O3/c1-2-13-9(15)8-7(12-10(13)16)3-6(5-14)4-11-8/h3-5H,2H2,1H3,(H,12,16). The molecule has 16 heavy (non-hydrogen) atoms. The zero-order valence-electron chi connectivity index (χ0n) is 8.56. The van der Waals surface area contributed by atoms with Crippen molar-refractivity contribution in [1.29, 1.82) is 0 Å². The molecule has 0 aliphatic carbocycles. The highest BCUT2D eigenvalue weighted by Gasteiger charge is 2.07. The van der Waals surface area contributed by atoms with E-state index in [4.69, 9.17) is 0 Å². The van der Waals surface area contributed by atoms with Crippen LogP contribution in [0.4, 0.5) is 0 Å². The Labute approximate surface area is 89.6 Å². The normalized spacial score (nSPS) is 10.6. The van der Waals surface area contributed by atoms with Crippen molar-refractivity contribution in [3.05, 3.63) is 38.7 Å². The molecule has 0 unspecified atom stereocenters. The molecule has 0 saturated heterocycles. The van der Waals surface area contributed by atoms with Crippen molar-refractivity contribution in [2.24, 2.45) is 0 Å². The number of carbonyl (C=O) groups is 1. The number of carbonyl (C=O) groups excluding carboxylic acids is 1. The topological polar surface area (TPSA) is 84.8 Å². The third-order valence-electron chi connectivity index (χ3n) is 2.30. The molecule has 0 amide bonds. The van der Waals surface area contributed by atoms with Crippen LogP contribution in [0.5, 0.6) is 0 Å². The monoisotopic (exact) mass is 219 g/mol. The van der Waals surface area contributed by atoms with Gasteiger partial charge in [0, 0.05) is 18.3 Å². The smallest absolute Gasteiger partial charge is 0.305 e. The third kappa shape index (κ3) is 1.44. The summed E-state index contributed by atoms with van der Waals surface area (Å²) in [6.45, 7) is 1.98. The average molecular weight is 219 g/mol. The minimum absolute atomic E-state index is 0.159. The SMILES string of the molecule is CCn1c(=O)[nH]c2cc(C=O)cnc2c1=O. The van der Waals surface area contributed by atoms with Crippen LogP contribution in [-0.2, 0) is 6.54 Å². The molecule has 0 aliphatic rings. The maximum absolute atomic E-state index is 11.8. The molecule has 6 heteroatoms. The Balaban J connectivity index is 2.92. The van der Waals surface area contributed by atoms with Gasteiger partial charge in [-0.3, -0.25) is 14.2 Å². The molecule has 2 aromatic heterocycles. The highest BCUT2D eigenvalue weighted by molar-refractivity contribution is 5.82. The van der Waals surface area contributed by atoms with E-state index in [2.05, 4.69) is 9.97 Å². The van der Waals surface area contributed by atoms with Crippen molar-refractivity contribution in [2.45, 2.75) is 13.5 Å². The molecule has 82 valence electrons. The number of nitrogens with zero attached hydrogens (tertiary/aromatic N) is 2. The van der Waals surface area contributed by atoms with Crippen LogP contribution in [0.1, 0.15) is 17.3 Å². The van der Waals surface area contributed by atoms with E-state index < -0.39 is 11.2 Å². The third-order valence-corrected chi connectivity index (χ3v) is 2.30. The van der Waals surface area contributed by atoms with Gasteiger partial charge in [-0.2, -0.15) is 0 Å². The van der Waals surface area contributed by atoms with Gasteiger partial charge in [-0.15, -0.1) is 0 Å². The van der Waals surface area contributed by atoms with Crippen LogP contribution in [0.3, 0.4) is 0 Å². The Hall–Kier alpha value is -2.24. The van der Waals surface area contributed by atoms with Crippen molar-refractivity contribution in [3.63, 3.8) is 0 Å². The predicted octanol–water partition coefficient (Wildman–Crippen LogP) is -0.0828. The van der Waals surface area contributed by atoms with Gasteiger partial charge in [0.1, 0.15) is 0 Å². The van der Waals surface area contributed by atoms with Crippen LogP contribution in [0.2, 0.25) is 0 Å². The summed E-state index contributed by atoms with van der Waals surface area (Å²) in [5.74, 6) is 0. The van der Waals surface area contributed by atoms with Gasteiger partial charge in [0.15, 0.2) is 11.8 Å². The highest BCUT2D eigenvalue weighted by Crippen LogP contribution is 2.03. The molecule has 0 atom stereocenters. The lowest BCUT2D eigenvalue weighted by atomic mass is 10.2. The molecular formula is C10H9N3O3. The molecule has 2 aromatic rings. The van der Waals surface area contributed by atoms with Gasteiger partial charge in [-0.1, -0.05) is 0 Å². The highest BCUT2D eigenvalue weighted by atomic mass is 16.2. The number of nitrogens with one attached hydrogen (secondary N) is 1. The predicted molar refractivity (Wildman–Crippen MR) is 57.7 cm³/mol. The number of aromatic nitrogens is 3. The lowest BCUT2D eigenvalue weighted by Crippen LogP contribution is -2.34. The minimum atomic E-state index is -0.496. The van der Waals surface area contributed by atoms with Gasteiger partial charge >= 0.3 is 5.69 Å². The second kappa shape index (κ2) is 3.73. The number of rotatable bonds is 2. The van der Waals surface area contributed by atoms with Crippen molar-refractivity contribution < 1.29 is 4.79 Å². The van der Waals surface area contributed by atoms with Crippen LogP contribution in [0, 0.1) is 0 Å². The van der Waals surface area contributed by atoms with Gasteiger partial charge in [-0.05, 0) is 13.0 Å². The van der Waals surface area contributed by atoms with Crippen LogP contribution in [0.25, 0.3) is 11.0 Å². The Morgan fingerprint density at radius 1 is 1.50 bits per heavy atom. The van der Waals surface area contributed by atoms with Gasteiger partial charge in [0.05, 0.1) is 5.52 Å². The maximum Gasteiger partial charge on any atom is 0.328 e. The van der Waals surface area contributed by atoms with Crippen molar-refractivity contribution in [2.75, 3.05) is 0 Å². The molecular weight excluding hydrogens is 210 g/mol. The van der Waals surface area contributed by atoms with Crippen molar-refractivity contribution >= 4 is 17.3 Å². The molecule has 0 bridgehead atoms. The molecule has 2 rings (SSSR count). The van der Waals surface area contributed by atoms with E-state index in [-0.39, 0.29) is 17.6 Å². The summed E-state index contributed by atoms with van der Waals surface area (Å²) >= 11 is 0. The van der Waals surface area contributed by atoms with E-state index in [0.29, 0.717) is 11.8 Å². The van der Waals surface area contributed by atoms with Crippen LogP contribution < -0.4 is 11.2 Å². The van der Waals surface area contributed by atoms with Crippen molar-refractivity contribution in [1.82, 2.24) is 14.5 Å². The summed E-state index contributed by atoms with van der Waals surface area (Å²) in [5, 5.41) is 0. The largest absolute Gasteiger partial charge is 0.328 e. The fourth-order valence-electron chi connectivity index (χ4n) is 1.50. The van der Waals surface area contributed by atoms with E-state index >= 15 is 0 Å². The number of aromatic amines is 1. The molecule has 6 nitrogen and oxygen atoms in total. The number of pyridine rings is 1. The van der Waals surface area contributed by atoms with E-state index in [9.17, 15) is 14.4 Å².